The van der Waals surface area contributed by atoms with Crippen LogP contribution in [0, 0.1) is 13.8 Å². The van der Waals surface area contributed by atoms with Gasteiger partial charge in [-0.15, -0.1) is 0 Å². The molecule has 2 aromatic heterocycles. The van der Waals surface area contributed by atoms with Gasteiger partial charge in [-0.05, 0) is 61.2 Å². The molecule has 0 aliphatic heterocycles. The molecule has 2 aromatic carbocycles. The highest BCUT2D eigenvalue weighted by molar-refractivity contribution is 7.22. The van der Waals surface area contributed by atoms with Gasteiger partial charge in [-0.25, -0.2) is 9.97 Å². The van der Waals surface area contributed by atoms with Crippen LogP contribution in [0.1, 0.15) is 23.1 Å². The average molecular weight is 477 g/mol. The van der Waals surface area contributed by atoms with Gasteiger partial charge in [0, 0.05) is 31.6 Å². The number of imidazole rings is 1. The molecule has 34 heavy (non-hydrogen) atoms. The van der Waals surface area contributed by atoms with Gasteiger partial charge in [0.2, 0.25) is 0 Å². The molecule has 4 rings (SSSR count). The summed E-state index contributed by atoms with van der Waals surface area (Å²) in [4.78, 5) is 24.0. The summed E-state index contributed by atoms with van der Waals surface area (Å²) in [5.41, 5.74) is 4.14. The Hall–Kier alpha value is -3.65. The number of anilines is 1. The second kappa shape index (κ2) is 10.5. The fourth-order valence-corrected chi connectivity index (χ4v) is 4.73. The van der Waals surface area contributed by atoms with Crippen LogP contribution in [0.3, 0.4) is 0 Å². The van der Waals surface area contributed by atoms with Crippen LogP contribution in [-0.4, -0.2) is 41.2 Å². The van der Waals surface area contributed by atoms with Crippen LogP contribution in [-0.2, 0) is 11.3 Å². The second-order valence-electron chi connectivity index (χ2n) is 7.94. The zero-order chi connectivity index (χ0) is 24.1. The highest BCUT2D eigenvalue weighted by Gasteiger charge is 2.19. The van der Waals surface area contributed by atoms with Gasteiger partial charge in [0.1, 0.15) is 0 Å². The van der Waals surface area contributed by atoms with Crippen molar-refractivity contribution in [3.63, 3.8) is 0 Å². The third-order valence-electron chi connectivity index (χ3n) is 5.75. The molecule has 0 aliphatic carbocycles. The molecule has 0 unspecified atom stereocenters. The van der Waals surface area contributed by atoms with Crippen molar-refractivity contribution in [2.24, 2.45) is 0 Å². The van der Waals surface area contributed by atoms with Crippen LogP contribution in [0.25, 0.3) is 16.3 Å². The molecule has 0 bridgehead atoms. The smallest absolute Gasteiger partial charge is 0.252 e. The summed E-state index contributed by atoms with van der Waals surface area (Å²) in [5.74, 6) is 1.15. The topological polar surface area (TPSA) is 69.5 Å². The number of fused-ring (bicyclic) bond motifs is 1. The van der Waals surface area contributed by atoms with Crippen LogP contribution >= 0.6 is 11.3 Å². The Morgan fingerprint density at radius 2 is 1.97 bits per heavy atom. The van der Waals surface area contributed by atoms with Crippen LogP contribution in [0.2, 0.25) is 0 Å². The minimum Gasteiger partial charge on any atom is -0.493 e. The van der Waals surface area contributed by atoms with Crippen molar-refractivity contribution in [3.8, 4) is 11.5 Å². The number of methoxy groups -OCH3 is 2. The zero-order valence-corrected chi connectivity index (χ0v) is 20.6. The van der Waals surface area contributed by atoms with E-state index in [-0.39, 0.29) is 5.91 Å². The van der Waals surface area contributed by atoms with Crippen molar-refractivity contribution >= 4 is 38.7 Å². The summed E-state index contributed by atoms with van der Waals surface area (Å²) in [6.07, 6.45) is 9.62. The Morgan fingerprint density at radius 1 is 1.15 bits per heavy atom. The Kier molecular flexibility index (Phi) is 7.27. The predicted molar refractivity (Wildman–Crippen MR) is 137 cm³/mol. The van der Waals surface area contributed by atoms with E-state index >= 15 is 0 Å². The Balaban J connectivity index is 1.60. The molecule has 0 atom stereocenters. The van der Waals surface area contributed by atoms with Gasteiger partial charge in [0.15, 0.2) is 16.6 Å². The number of amides is 1. The number of carbonyl (C=O) groups is 1. The number of aromatic nitrogens is 3. The standard InChI is InChI=1S/C26H28N4O3S/c1-18-6-10-23-25(19(18)2)28-26(34-23)30(14-5-13-29-15-12-27-17-29)24(31)11-8-20-7-9-21(32-3)22(16-20)33-4/h6-12,15-17H,5,13-14H2,1-4H3/b11-8+. The van der Waals surface area contributed by atoms with Gasteiger partial charge in [-0.2, -0.15) is 0 Å². The lowest BCUT2D eigenvalue weighted by atomic mass is 10.1. The number of benzene rings is 2. The van der Waals surface area contributed by atoms with Crippen LogP contribution in [0.5, 0.6) is 11.5 Å². The molecular weight excluding hydrogens is 448 g/mol. The first-order valence-electron chi connectivity index (χ1n) is 11.0. The molecule has 8 heteroatoms. The van der Waals surface area contributed by atoms with E-state index in [0.29, 0.717) is 23.2 Å². The number of aryl methyl sites for hydroxylation is 3. The Labute approximate surface area is 203 Å². The lowest BCUT2D eigenvalue weighted by Gasteiger charge is -2.18. The first kappa shape index (κ1) is 23.5. The molecule has 0 saturated heterocycles. The van der Waals surface area contributed by atoms with Crippen molar-refractivity contribution in [2.75, 3.05) is 25.7 Å². The van der Waals surface area contributed by atoms with Gasteiger partial charge in [0.25, 0.3) is 5.91 Å². The second-order valence-corrected chi connectivity index (χ2v) is 8.95. The Morgan fingerprint density at radius 3 is 2.71 bits per heavy atom. The monoisotopic (exact) mass is 476 g/mol. The SMILES string of the molecule is COc1ccc(/C=C/C(=O)N(CCCn2ccnc2)c2nc3c(C)c(C)ccc3s2)cc1OC. The summed E-state index contributed by atoms with van der Waals surface area (Å²) in [7, 11) is 3.19. The molecule has 4 aromatic rings. The van der Waals surface area contributed by atoms with Crippen LogP contribution < -0.4 is 14.4 Å². The molecule has 0 aliphatic rings. The molecule has 1 amide bonds. The minimum absolute atomic E-state index is 0.117. The first-order chi connectivity index (χ1) is 16.5. The summed E-state index contributed by atoms with van der Waals surface area (Å²) in [6, 6.07) is 9.73. The third kappa shape index (κ3) is 5.12. The van der Waals surface area contributed by atoms with Crippen molar-refractivity contribution in [2.45, 2.75) is 26.8 Å². The highest BCUT2D eigenvalue weighted by Crippen LogP contribution is 2.32. The van der Waals surface area contributed by atoms with E-state index in [0.717, 1.165) is 34.3 Å². The predicted octanol–water partition coefficient (Wildman–Crippen LogP) is 5.26. The molecule has 0 fully saturated rings. The van der Waals surface area contributed by atoms with Gasteiger partial charge >= 0.3 is 0 Å². The Bertz CT molecular complexity index is 1310. The summed E-state index contributed by atoms with van der Waals surface area (Å²) >= 11 is 1.54. The maximum atomic E-state index is 13.3. The first-order valence-corrected chi connectivity index (χ1v) is 11.9. The summed E-state index contributed by atoms with van der Waals surface area (Å²) in [5, 5.41) is 0.705. The van der Waals surface area contributed by atoms with Crippen molar-refractivity contribution in [3.05, 3.63) is 71.8 Å². The lowest BCUT2D eigenvalue weighted by molar-refractivity contribution is -0.114. The normalized spacial score (nSPS) is 11.3. The molecule has 0 radical (unpaired) electrons. The maximum absolute atomic E-state index is 13.3. The van der Waals surface area contributed by atoms with E-state index in [1.807, 2.05) is 29.0 Å². The number of rotatable bonds is 9. The van der Waals surface area contributed by atoms with Gasteiger partial charge < -0.3 is 14.0 Å². The minimum atomic E-state index is -0.117. The number of nitrogens with zero attached hydrogens (tertiary/aromatic N) is 4. The molecule has 0 N–H and O–H groups in total. The molecule has 2 heterocycles. The van der Waals surface area contributed by atoms with Crippen LogP contribution in [0.15, 0.2) is 55.1 Å². The number of hydrogen-bond acceptors (Lipinski definition) is 6. The van der Waals surface area contributed by atoms with Gasteiger partial charge in [-0.1, -0.05) is 23.5 Å². The number of thiazole rings is 1. The maximum Gasteiger partial charge on any atom is 0.252 e. The largest absolute Gasteiger partial charge is 0.493 e. The van der Waals surface area contributed by atoms with Crippen LogP contribution in [0.4, 0.5) is 5.13 Å². The summed E-state index contributed by atoms with van der Waals surface area (Å²) in [6.45, 7) is 5.47. The van der Waals surface area contributed by atoms with Crippen molar-refractivity contribution in [1.29, 1.82) is 0 Å². The van der Waals surface area contributed by atoms with Crippen molar-refractivity contribution < 1.29 is 14.3 Å². The lowest BCUT2D eigenvalue weighted by Crippen LogP contribution is -2.30. The fourth-order valence-electron chi connectivity index (χ4n) is 3.67. The molecule has 0 spiro atoms. The van der Waals surface area contributed by atoms with E-state index < -0.39 is 0 Å². The number of carbonyl (C=O) groups excluding carboxylic acids is 1. The van der Waals surface area contributed by atoms with E-state index in [1.54, 1.807) is 55.1 Å². The molecule has 0 saturated carbocycles. The third-order valence-corrected chi connectivity index (χ3v) is 6.80. The van der Waals surface area contributed by atoms with Gasteiger partial charge in [-0.3, -0.25) is 9.69 Å². The average Bonchev–Trinajstić information content (AvgIpc) is 3.53. The molecule has 176 valence electrons. The fraction of sp³-hybridized carbons (Fsp3) is 0.269. The van der Waals surface area contributed by atoms with Gasteiger partial charge in [0.05, 0.1) is 30.8 Å². The number of ether oxygens (including phenoxy) is 2. The number of hydrogen-bond donors (Lipinski definition) is 0. The quantitative estimate of drug-likeness (QED) is 0.308. The highest BCUT2D eigenvalue weighted by atomic mass is 32.1. The summed E-state index contributed by atoms with van der Waals surface area (Å²) < 4.78 is 13.8. The molecular formula is C26H28N4O3S. The van der Waals surface area contributed by atoms with E-state index in [2.05, 4.69) is 31.0 Å². The van der Waals surface area contributed by atoms with E-state index in [4.69, 9.17) is 14.5 Å². The van der Waals surface area contributed by atoms with E-state index in [9.17, 15) is 4.79 Å². The zero-order valence-electron chi connectivity index (χ0n) is 19.8. The van der Waals surface area contributed by atoms with Crippen molar-refractivity contribution in [1.82, 2.24) is 14.5 Å². The molecule has 7 nitrogen and oxygen atoms in total. The van der Waals surface area contributed by atoms with E-state index in [1.165, 1.54) is 5.56 Å².